The molecule has 0 saturated carbocycles. The highest BCUT2D eigenvalue weighted by Gasteiger charge is 2.08. The maximum absolute atomic E-state index is 2.60. The number of rotatable bonds is 3. The summed E-state index contributed by atoms with van der Waals surface area (Å²) in [7, 11) is 4.35. The van der Waals surface area contributed by atoms with Gasteiger partial charge in [-0.05, 0) is 53.0 Å². The highest BCUT2D eigenvalue weighted by molar-refractivity contribution is 4.64. The third kappa shape index (κ3) is 7.34. The molecular formula is C15H33N3. The van der Waals surface area contributed by atoms with Crippen LogP contribution < -0.4 is 0 Å². The van der Waals surface area contributed by atoms with Crippen molar-refractivity contribution < 1.29 is 0 Å². The summed E-state index contributed by atoms with van der Waals surface area (Å²) in [6, 6.07) is 0. The predicted octanol–water partition coefficient (Wildman–Crippen LogP) is 2.14. The summed E-state index contributed by atoms with van der Waals surface area (Å²) in [5.74, 6) is 0. The fourth-order valence-electron chi connectivity index (χ4n) is 2.47. The molecule has 0 aromatic heterocycles. The van der Waals surface area contributed by atoms with Crippen LogP contribution in [0.15, 0.2) is 0 Å². The first-order chi connectivity index (χ1) is 8.72. The van der Waals surface area contributed by atoms with E-state index in [-0.39, 0.29) is 0 Å². The Morgan fingerprint density at radius 2 is 1.22 bits per heavy atom. The van der Waals surface area contributed by atoms with E-state index in [2.05, 4.69) is 35.7 Å². The molecule has 0 aromatic carbocycles. The van der Waals surface area contributed by atoms with E-state index in [1.165, 1.54) is 77.9 Å². The second-order valence-corrected chi connectivity index (χ2v) is 5.86. The Morgan fingerprint density at radius 3 is 1.67 bits per heavy atom. The van der Waals surface area contributed by atoms with Crippen LogP contribution in [0, 0.1) is 0 Å². The monoisotopic (exact) mass is 255 g/mol. The van der Waals surface area contributed by atoms with Gasteiger partial charge in [0.05, 0.1) is 0 Å². The molecule has 0 aromatic rings. The Kier molecular flexibility index (Phi) is 8.64. The van der Waals surface area contributed by atoms with E-state index in [1.54, 1.807) is 0 Å². The second kappa shape index (κ2) is 9.76. The van der Waals surface area contributed by atoms with Gasteiger partial charge in [0.1, 0.15) is 0 Å². The normalized spacial score (nSPS) is 23.5. The van der Waals surface area contributed by atoms with E-state index in [4.69, 9.17) is 0 Å². The quantitative estimate of drug-likeness (QED) is 0.765. The van der Waals surface area contributed by atoms with Gasteiger partial charge < -0.3 is 14.7 Å². The summed E-state index contributed by atoms with van der Waals surface area (Å²) in [6.45, 7) is 11.3. The molecule has 3 heteroatoms. The van der Waals surface area contributed by atoms with E-state index in [0.717, 1.165) is 0 Å². The highest BCUT2D eigenvalue weighted by Crippen LogP contribution is 2.08. The van der Waals surface area contributed by atoms with Crippen molar-refractivity contribution in [3.8, 4) is 0 Å². The van der Waals surface area contributed by atoms with Crippen molar-refractivity contribution in [1.82, 2.24) is 14.7 Å². The number of likely N-dealkylation sites (tertiary alicyclic amines) is 1. The van der Waals surface area contributed by atoms with Gasteiger partial charge >= 0.3 is 0 Å². The van der Waals surface area contributed by atoms with Crippen molar-refractivity contribution in [3.05, 3.63) is 0 Å². The lowest BCUT2D eigenvalue weighted by atomic mass is 10.1. The minimum atomic E-state index is 1.23. The lowest BCUT2D eigenvalue weighted by Crippen LogP contribution is -2.42. The van der Waals surface area contributed by atoms with Crippen molar-refractivity contribution >= 4 is 0 Å². The molecule has 0 spiro atoms. The molecule has 0 aliphatic carbocycles. The lowest BCUT2D eigenvalue weighted by molar-refractivity contribution is 0.181. The number of unbranched alkanes of at least 4 members (excludes halogenated alkanes) is 1. The molecule has 2 saturated heterocycles. The minimum absolute atomic E-state index is 1.23. The first-order valence-electron chi connectivity index (χ1n) is 7.82. The van der Waals surface area contributed by atoms with Gasteiger partial charge in [-0.15, -0.1) is 0 Å². The standard InChI is InChI=1S/C9H19N.C6H14N2/c1-2-3-7-10-8-5-4-6-9-10;1-7-3-5-8(2)6-4-7/h2-9H2,1H3;3-6H2,1-2H3. The Bertz CT molecular complexity index is 172. The van der Waals surface area contributed by atoms with Gasteiger partial charge in [-0.3, -0.25) is 0 Å². The van der Waals surface area contributed by atoms with Gasteiger partial charge in [-0.25, -0.2) is 0 Å². The Hall–Kier alpha value is -0.120. The van der Waals surface area contributed by atoms with E-state index < -0.39 is 0 Å². The Balaban J connectivity index is 0.000000184. The summed E-state index contributed by atoms with van der Waals surface area (Å²) < 4.78 is 0. The SMILES string of the molecule is CCCCN1CCCCC1.CN1CCN(C)CC1. The zero-order valence-corrected chi connectivity index (χ0v) is 12.8. The van der Waals surface area contributed by atoms with E-state index in [1.807, 2.05) is 0 Å². The van der Waals surface area contributed by atoms with Crippen molar-refractivity contribution in [2.75, 3.05) is 59.9 Å². The molecule has 0 atom stereocenters. The smallest absolute Gasteiger partial charge is 0.0107 e. The average Bonchev–Trinajstić information content (AvgIpc) is 2.42. The first kappa shape index (κ1) is 15.9. The molecule has 2 aliphatic heterocycles. The molecule has 2 aliphatic rings. The van der Waals surface area contributed by atoms with Crippen LogP contribution in [-0.4, -0.2) is 74.6 Å². The van der Waals surface area contributed by atoms with Crippen LogP contribution >= 0.6 is 0 Å². The van der Waals surface area contributed by atoms with Gasteiger partial charge in [-0.2, -0.15) is 0 Å². The van der Waals surface area contributed by atoms with Crippen LogP contribution in [0.3, 0.4) is 0 Å². The van der Waals surface area contributed by atoms with Crippen LogP contribution in [0.25, 0.3) is 0 Å². The summed E-state index contributed by atoms with van der Waals surface area (Å²) in [6.07, 6.45) is 7.06. The summed E-state index contributed by atoms with van der Waals surface area (Å²) in [4.78, 5) is 7.33. The third-order valence-corrected chi connectivity index (χ3v) is 4.00. The van der Waals surface area contributed by atoms with Gasteiger partial charge in [0, 0.05) is 26.2 Å². The van der Waals surface area contributed by atoms with Gasteiger partial charge in [-0.1, -0.05) is 19.8 Å². The van der Waals surface area contributed by atoms with E-state index in [9.17, 15) is 0 Å². The molecule has 0 radical (unpaired) electrons. The molecule has 3 nitrogen and oxygen atoms in total. The zero-order chi connectivity index (χ0) is 13.2. The number of piperazine rings is 1. The average molecular weight is 255 g/mol. The molecule has 0 unspecified atom stereocenters. The highest BCUT2D eigenvalue weighted by atomic mass is 15.2. The van der Waals surface area contributed by atoms with Crippen LogP contribution in [0.5, 0.6) is 0 Å². The molecule has 0 bridgehead atoms. The first-order valence-corrected chi connectivity index (χ1v) is 7.82. The third-order valence-electron chi connectivity index (χ3n) is 4.00. The molecule has 2 heterocycles. The van der Waals surface area contributed by atoms with Gasteiger partial charge in [0.15, 0.2) is 0 Å². The largest absolute Gasteiger partial charge is 0.304 e. The molecule has 0 amide bonds. The van der Waals surface area contributed by atoms with E-state index >= 15 is 0 Å². The fourth-order valence-corrected chi connectivity index (χ4v) is 2.47. The molecule has 108 valence electrons. The fraction of sp³-hybridized carbons (Fsp3) is 1.00. The van der Waals surface area contributed by atoms with Crippen LogP contribution in [0.1, 0.15) is 39.0 Å². The summed E-state index contributed by atoms with van der Waals surface area (Å²) >= 11 is 0. The molecule has 2 fully saturated rings. The Labute approximate surface area is 114 Å². The number of hydrogen-bond acceptors (Lipinski definition) is 3. The maximum atomic E-state index is 2.60. The van der Waals surface area contributed by atoms with Crippen molar-refractivity contribution in [1.29, 1.82) is 0 Å². The maximum Gasteiger partial charge on any atom is 0.0107 e. The summed E-state index contributed by atoms with van der Waals surface area (Å²) in [5.41, 5.74) is 0. The Morgan fingerprint density at radius 1 is 0.722 bits per heavy atom. The molecular weight excluding hydrogens is 222 g/mol. The predicted molar refractivity (Wildman–Crippen MR) is 80.2 cm³/mol. The lowest BCUT2D eigenvalue weighted by Gasteiger charge is -2.28. The van der Waals surface area contributed by atoms with Crippen molar-refractivity contribution in [3.63, 3.8) is 0 Å². The van der Waals surface area contributed by atoms with Crippen molar-refractivity contribution in [2.24, 2.45) is 0 Å². The zero-order valence-electron chi connectivity index (χ0n) is 12.8. The molecule has 2 rings (SSSR count). The van der Waals surface area contributed by atoms with Crippen molar-refractivity contribution in [2.45, 2.75) is 39.0 Å². The topological polar surface area (TPSA) is 9.72 Å². The number of likely N-dealkylation sites (N-methyl/N-ethyl adjacent to an activating group) is 2. The van der Waals surface area contributed by atoms with Crippen LogP contribution in [0.4, 0.5) is 0 Å². The summed E-state index contributed by atoms with van der Waals surface area (Å²) in [5, 5.41) is 0. The van der Waals surface area contributed by atoms with Crippen LogP contribution in [-0.2, 0) is 0 Å². The number of hydrogen-bond donors (Lipinski definition) is 0. The minimum Gasteiger partial charge on any atom is -0.304 e. The molecule has 18 heavy (non-hydrogen) atoms. The molecule has 0 N–H and O–H groups in total. The van der Waals surface area contributed by atoms with Gasteiger partial charge in [0.25, 0.3) is 0 Å². The second-order valence-electron chi connectivity index (χ2n) is 5.86. The van der Waals surface area contributed by atoms with E-state index in [0.29, 0.717) is 0 Å². The number of piperidine rings is 1. The van der Waals surface area contributed by atoms with Crippen LogP contribution in [0.2, 0.25) is 0 Å². The van der Waals surface area contributed by atoms with Gasteiger partial charge in [0.2, 0.25) is 0 Å². The number of nitrogens with zero attached hydrogens (tertiary/aromatic N) is 3.